The first-order valence-corrected chi connectivity index (χ1v) is 8.83. The number of fused-ring (bicyclic) bond motifs is 9. The molecule has 7 unspecified atom stereocenters. The number of carbonyl (C=O) groups is 1. The average Bonchev–Trinajstić information content (AvgIpc) is 3.15. The lowest BCUT2D eigenvalue weighted by Gasteiger charge is -2.48. The molecule has 4 aliphatic rings. The van der Waals surface area contributed by atoms with E-state index in [-0.39, 0.29) is 11.6 Å². The van der Waals surface area contributed by atoms with Crippen LogP contribution in [0.1, 0.15) is 52.9 Å². The maximum absolute atomic E-state index is 12.2. The fraction of sp³-hybridized carbons (Fsp3) is 0.842. The number of hydrogen-bond acceptors (Lipinski definition) is 2. The van der Waals surface area contributed by atoms with Gasteiger partial charge in [0.15, 0.2) is 0 Å². The van der Waals surface area contributed by atoms with Crippen LogP contribution in [0.2, 0.25) is 0 Å². The van der Waals surface area contributed by atoms with E-state index in [1.807, 2.05) is 0 Å². The summed E-state index contributed by atoms with van der Waals surface area (Å²) in [6.07, 6.45) is 6.78. The summed E-state index contributed by atoms with van der Waals surface area (Å²) < 4.78 is 6.13. The molecule has 7 atom stereocenters. The third-order valence-electron chi connectivity index (χ3n) is 7.43. The van der Waals surface area contributed by atoms with Crippen molar-refractivity contribution in [3.63, 3.8) is 0 Å². The highest BCUT2D eigenvalue weighted by atomic mass is 16.6. The summed E-state index contributed by atoms with van der Waals surface area (Å²) in [5.41, 5.74) is 0.342. The Balaban J connectivity index is 1.65. The number of ether oxygens (including phenoxy) is 1. The Morgan fingerprint density at radius 3 is 2.43 bits per heavy atom. The van der Waals surface area contributed by atoms with Gasteiger partial charge < -0.3 is 4.74 Å². The predicted octanol–water partition coefficient (Wildman–Crippen LogP) is 4.20. The van der Waals surface area contributed by atoms with Crippen LogP contribution in [0.15, 0.2) is 12.2 Å². The largest absolute Gasteiger partial charge is 0.455 e. The van der Waals surface area contributed by atoms with Crippen LogP contribution in [-0.2, 0) is 9.53 Å². The Bertz CT molecular complexity index is 494. The van der Waals surface area contributed by atoms with Gasteiger partial charge in [-0.2, -0.15) is 0 Å². The monoisotopic (exact) mass is 288 g/mol. The fourth-order valence-corrected chi connectivity index (χ4v) is 6.78. The normalized spacial score (nSPS) is 49.7. The Hall–Kier alpha value is -0.790. The first-order valence-electron chi connectivity index (χ1n) is 8.83. The summed E-state index contributed by atoms with van der Waals surface area (Å²) in [7, 11) is 0. The van der Waals surface area contributed by atoms with Gasteiger partial charge in [0, 0.05) is 11.5 Å². The van der Waals surface area contributed by atoms with Gasteiger partial charge in [-0.15, -0.1) is 0 Å². The molecule has 0 aliphatic heterocycles. The van der Waals surface area contributed by atoms with E-state index in [9.17, 15) is 4.79 Å². The van der Waals surface area contributed by atoms with E-state index in [4.69, 9.17) is 4.74 Å². The molecule has 0 saturated heterocycles. The zero-order valence-electron chi connectivity index (χ0n) is 13.6. The lowest BCUT2D eigenvalue weighted by Crippen LogP contribution is -2.51. The maximum atomic E-state index is 12.2. The smallest absolute Gasteiger partial charge is 0.333 e. The van der Waals surface area contributed by atoms with Gasteiger partial charge in [-0.25, -0.2) is 4.79 Å². The Morgan fingerprint density at radius 2 is 1.81 bits per heavy atom. The molecule has 0 spiro atoms. The minimum Gasteiger partial charge on any atom is -0.455 e. The molecule has 4 rings (SSSR count). The van der Waals surface area contributed by atoms with Gasteiger partial charge in [0.1, 0.15) is 5.60 Å². The van der Waals surface area contributed by atoms with Crippen molar-refractivity contribution < 1.29 is 9.53 Å². The zero-order valence-corrected chi connectivity index (χ0v) is 13.6. The van der Waals surface area contributed by atoms with Gasteiger partial charge in [-0.05, 0) is 74.5 Å². The van der Waals surface area contributed by atoms with Gasteiger partial charge in [0.25, 0.3) is 0 Å². The highest BCUT2D eigenvalue weighted by Crippen LogP contribution is 2.71. The van der Waals surface area contributed by atoms with E-state index in [2.05, 4.69) is 20.4 Å². The highest BCUT2D eigenvalue weighted by Gasteiger charge is 2.68. The van der Waals surface area contributed by atoms with E-state index >= 15 is 0 Å². The topological polar surface area (TPSA) is 26.3 Å². The first-order chi connectivity index (χ1) is 9.94. The van der Waals surface area contributed by atoms with Gasteiger partial charge in [-0.3, -0.25) is 0 Å². The van der Waals surface area contributed by atoms with Crippen molar-refractivity contribution in [2.45, 2.75) is 58.5 Å². The second-order valence-corrected chi connectivity index (χ2v) is 8.57. The van der Waals surface area contributed by atoms with E-state index in [1.54, 1.807) is 6.92 Å². The van der Waals surface area contributed by atoms with Crippen LogP contribution < -0.4 is 0 Å². The summed E-state index contributed by atoms with van der Waals surface area (Å²) in [5, 5.41) is 0. The lowest BCUT2D eigenvalue weighted by atomic mass is 9.63. The van der Waals surface area contributed by atoms with Gasteiger partial charge in [0.05, 0.1) is 0 Å². The molecule has 4 fully saturated rings. The highest BCUT2D eigenvalue weighted by molar-refractivity contribution is 5.87. The summed E-state index contributed by atoms with van der Waals surface area (Å²) in [4.78, 5) is 12.2. The van der Waals surface area contributed by atoms with Gasteiger partial charge in [-0.1, -0.05) is 20.4 Å². The molecule has 4 bridgehead atoms. The second-order valence-electron chi connectivity index (χ2n) is 8.57. The molecule has 0 N–H and O–H groups in total. The van der Waals surface area contributed by atoms with Gasteiger partial charge in [0.2, 0.25) is 0 Å². The molecular formula is C19H28O2. The molecule has 2 nitrogen and oxygen atoms in total. The van der Waals surface area contributed by atoms with Crippen molar-refractivity contribution in [1.29, 1.82) is 0 Å². The summed E-state index contributed by atoms with van der Waals surface area (Å²) >= 11 is 0. The van der Waals surface area contributed by atoms with Crippen molar-refractivity contribution in [3.8, 4) is 0 Å². The molecule has 0 amide bonds. The molecule has 0 heterocycles. The Kier molecular flexibility index (Phi) is 2.88. The molecule has 0 aromatic rings. The number of rotatable bonds is 3. The van der Waals surface area contributed by atoms with Crippen molar-refractivity contribution >= 4 is 5.97 Å². The maximum Gasteiger partial charge on any atom is 0.333 e. The Morgan fingerprint density at radius 1 is 1.14 bits per heavy atom. The lowest BCUT2D eigenvalue weighted by molar-refractivity contribution is -0.175. The molecule has 0 aromatic heterocycles. The molecule has 4 saturated carbocycles. The third-order valence-corrected chi connectivity index (χ3v) is 7.43. The molecule has 0 aromatic carbocycles. The van der Waals surface area contributed by atoms with Crippen LogP contribution in [0, 0.1) is 41.4 Å². The van der Waals surface area contributed by atoms with Crippen LogP contribution in [0.5, 0.6) is 0 Å². The van der Waals surface area contributed by atoms with Crippen molar-refractivity contribution in [2.75, 3.05) is 0 Å². The van der Waals surface area contributed by atoms with Crippen molar-refractivity contribution in [3.05, 3.63) is 12.2 Å². The average molecular weight is 288 g/mol. The molecule has 4 aliphatic carbocycles. The van der Waals surface area contributed by atoms with E-state index < -0.39 is 0 Å². The SMILES string of the molecule is C=C(C)C(=O)OC1(C(C)C)CC2CC1C1C3CCC(C3)C21. The number of esters is 1. The first kappa shape index (κ1) is 13.8. The molecule has 21 heavy (non-hydrogen) atoms. The predicted molar refractivity (Wildman–Crippen MR) is 82.5 cm³/mol. The van der Waals surface area contributed by atoms with Crippen LogP contribution in [0.25, 0.3) is 0 Å². The second kappa shape index (κ2) is 4.36. The fourth-order valence-electron chi connectivity index (χ4n) is 6.78. The minimum atomic E-state index is -0.202. The molecule has 2 heteroatoms. The molecule has 116 valence electrons. The quantitative estimate of drug-likeness (QED) is 0.442. The standard InChI is InChI=1S/C19H28O2/c1-10(2)18(20)21-19(11(3)4)9-14-8-15(19)17-13-6-5-12(7-13)16(14)17/h11-17H,1,5-9H2,2-4H3. The van der Waals surface area contributed by atoms with E-state index in [1.165, 1.54) is 25.7 Å². The van der Waals surface area contributed by atoms with E-state index in [0.717, 1.165) is 36.0 Å². The van der Waals surface area contributed by atoms with Crippen LogP contribution in [0.4, 0.5) is 0 Å². The van der Waals surface area contributed by atoms with E-state index in [0.29, 0.717) is 17.4 Å². The molecular weight excluding hydrogens is 260 g/mol. The zero-order chi connectivity index (χ0) is 14.9. The Labute approximate surface area is 128 Å². The van der Waals surface area contributed by atoms with Crippen molar-refractivity contribution in [1.82, 2.24) is 0 Å². The summed E-state index contributed by atoms with van der Waals surface area (Å²) in [6, 6.07) is 0. The number of carbonyl (C=O) groups excluding carboxylic acids is 1. The van der Waals surface area contributed by atoms with Gasteiger partial charge >= 0.3 is 5.97 Å². The van der Waals surface area contributed by atoms with Crippen LogP contribution in [-0.4, -0.2) is 11.6 Å². The molecule has 0 radical (unpaired) electrons. The van der Waals surface area contributed by atoms with Crippen LogP contribution in [0.3, 0.4) is 0 Å². The summed E-state index contributed by atoms with van der Waals surface area (Å²) in [6.45, 7) is 10.0. The number of hydrogen-bond donors (Lipinski definition) is 0. The third kappa shape index (κ3) is 1.68. The summed E-state index contributed by atoms with van der Waals surface area (Å²) in [5.74, 6) is 5.41. The van der Waals surface area contributed by atoms with Crippen LogP contribution >= 0.6 is 0 Å². The van der Waals surface area contributed by atoms with Crippen molar-refractivity contribution in [2.24, 2.45) is 41.4 Å². The minimum absolute atomic E-state index is 0.170.